The van der Waals surface area contributed by atoms with Crippen molar-refractivity contribution in [3.05, 3.63) is 23.8 Å². The Morgan fingerprint density at radius 1 is 1.26 bits per heavy atom. The highest BCUT2D eigenvalue weighted by Gasteiger charge is 2.32. The van der Waals surface area contributed by atoms with Gasteiger partial charge in [-0.2, -0.15) is 0 Å². The summed E-state index contributed by atoms with van der Waals surface area (Å²) in [6.45, 7) is 12.0. The molecule has 19 heavy (non-hydrogen) atoms. The van der Waals surface area contributed by atoms with Gasteiger partial charge in [0.25, 0.3) is 0 Å². The van der Waals surface area contributed by atoms with Crippen molar-refractivity contribution in [2.24, 2.45) is 0 Å². The van der Waals surface area contributed by atoms with Gasteiger partial charge in [0.05, 0.1) is 5.69 Å². The summed E-state index contributed by atoms with van der Waals surface area (Å²) < 4.78 is 5.95. The van der Waals surface area contributed by atoms with Gasteiger partial charge in [-0.05, 0) is 25.8 Å². The molecular formula is C15H27N3O. The van der Waals surface area contributed by atoms with Crippen molar-refractivity contribution in [3.8, 4) is 0 Å². The Morgan fingerprint density at radius 2 is 1.95 bits per heavy atom. The fourth-order valence-corrected chi connectivity index (χ4v) is 2.13. The van der Waals surface area contributed by atoms with Gasteiger partial charge < -0.3 is 10.1 Å². The largest absolute Gasteiger partial charge is 0.367 e. The van der Waals surface area contributed by atoms with Crippen LogP contribution >= 0.6 is 0 Å². The maximum atomic E-state index is 5.95. The molecule has 1 aromatic rings. The minimum atomic E-state index is -0.345. The Morgan fingerprint density at radius 3 is 2.47 bits per heavy atom. The van der Waals surface area contributed by atoms with Crippen LogP contribution in [0.25, 0.3) is 0 Å². The summed E-state index contributed by atoms with van der Waals surface area (Å²) in [6, 6.07) is 2.41. The fraction of sp³-hybridized carbons (Fsp3) is 0.733. The van der Waals surface area contributed by atoms with E-state index in [2.05, 4.69) is 43.0 Å². The molecule has 1 heterocycles. The van der Waals surface area contributed by atoms with Gasteiger partial charge in [-0.25, -0.2) is 9.97 Å². The average Bonchev–Trinajstić information content (AvgIpc) is 2.43. The Hall–Kier alpha value is -1.00. The van der Waals surface area contributed by atoms with Crippen LogP contribution in [0.2, 0.25) is 0 Å². The maximum absolute atomic E-state index is 5.95. The average molecular weight is 265 g/mol. The minimum absolute atomic E-state index is 0.345. The molecule has 4 nitrogen and oxygen atoms in total. The third kappa shape index (κ3) is 4.25. The quantitative estimate of drug-likeness (QED) is 0.785. The van der Waals surface area contributed by atoms with Crippen LogP contribution in [-0.4, -0.2) is 22.6 Å². The molecule has 0 aliphatic carbocycles. The summed E-state index contributed by atoms with van der Waals surface area (Å²) in [5.74, 6) is 0.808. The standard InChI is InChI=1S/C15H27N3O/c1-6-15(7-2,19-8-3)14-16-10-9-13(18-14)11-17-12(4)5/h9-10,12,17H,6-8,11H2,1-5H3. The lowest BCUT2D eigenvalue weighted by Crippen LogP contribution is -2.31. The van der Waals surface area contributed by atoms with E-state index in [1.165, 1.54) is 0 Å². The van der Waals surface area contributed by atoms with Crippen LogP contribution in [0.3, 0.4) is 0 Å². The van der Waals surface area contributed by atoms with Crippen LogP contribution in [0.4, 0.5) is 0 Å². The molecule has 0 aliphatic heterocycles. The van der Waals surface area contributed by atoms with Crippen LogP contribution in [0.5, 0.6) is 0 Å². The van der Waals surface area contributed by atoms with E-state index in [0.29, 0.717) is 12.6 Å². The van der Waals surface area contributed by atoms with Gasteiger partial charge in [0, 0.05) is 25.4 Å². The lowest BCUT2D eigenvalue weighted by atomic mass is 9.95. The van der Waals surface area contributed by atoms with Crippen LogP contribution in [0, 0.1) is 0 Å². The molecule has 0 amide bonds. The van der Waals surface area contributed by atoms with Crippen molar-refractivity contribution < 1.29 is 4.74 Å². The van der Waals surface area contributed by atoms with E-state index in [4.69, 9.17) is 4.74 Å². The van der Waals surface area contributed by atoms with Crippen molar-refractivity contribution in [2.45, 2.75) is 65.6 Å². The molecule has 0 saturated heterocycles. The Balaban J connectivity index is 2.94. The van der Waals surface area contributed by atoms with Gasteiger partial charge >= 0.3 is 0 Å². The van der Waals surface area contributed by atoms with Gasteiger partial charge in [0.2, 0.25) is 0 Å². The third-order valence-electron chi connectivity index (χ3n) is 3.38. The number of rotatable bonds is 8. The molecule has 0 radical (unpaired) electrons. The molecule has 0 aromatic carbocycles. The monoisotopic (exact) mass is 265 g/mol. The maximum Gasteiger partial charge on any atom is 0.160 e. The number of nitrogens with zero attached hydrogens (tertiary/aromatic N) is 2. The second-order valence-corrected chi connectivity index (χ2v) is 5.04. The minimum Gasteiger partial charge on any atom is -0.367 e. The number of aromatic nitrogens is 2. The number of ether oxygens (including phenoxy) is 1. The molecule has 108 valence electrons. The predicted octanol–water partition coefficient (Wildman–Crippen LogP) is 3.03. The Bertz CT molecular complexity index is 375. The van der Waals surface area contributed by atoms with Crippen LogP contribution in [-0.2, 0) is 16.9 Å². The normalized spacial score (nSPS) is 12.1. The van der Waals surface area contributed by atoms with Crippen molar-refractivity contribution in [2.75, 3.05) is 6.61 Å². The zero-order valence-electron chi connectivity index (χ0n) is 12.9. The van der Waals surface area contributed by atoms with Crippen LogP contribution in [0.1, 0.15) is 59.0 Å². The van der Waals surface area contributed by atoms with E-state index in [1.807, 2.05) is 19.2 Å². The number of hydrogen-bond donors (Lipinski definition) is 1. The molecule has 0 atom stereocenters. The highest BCUT2D eigenvalue weighted by Crippen LogP contribution is 2.30. The molecule has 0 unspecified atom stereocenters. The second kappa shape index (κ2) is 7.56. The molecule has 1 rings (SSSR count). The van der Waals surface area contributed by atoms with E-state index < -0.39 is 0 Å². The van der Waals surface area contributed by atoms with Gasteiger partial charge in [-0.3, -0.25) is 0 Å². The molecule has 0 fully saturated rings. The van der Waals surface area contributed by atoms with Crippen molar-refractivity contribution in [3.63, 3.8) is 0 Å². The number of hydrogen-bond acceptors (Lipinski definition) is 4. The summed E-state index contributed by atoms with van der Waals surface area (Å²) in [5, 5.41) is 3.38. The molecule has 0 saturated carbocycles. The topological polar surface area (TPSA) is 47.0 Å². The van der Waals surface area contributed by atoms with Gasteiger partial charge in [-0.1, -0.05) is 27.7 Å². The lowest BCUT2D eigenvalue weighted by molar-refractivity contribution is -0.0573. The van der Waals surface area contributed by atoms with Crippen molar-refractivity contribution >= 4 is 0 Å². The van der Waals surface area contributed by atoms with Gasteiger partial charge in [-0.15, -0.1) is 0 Å². The van der Waals surface area contributed by atoms with Crippen molar-refractivity contribution in [1.82, 2.24) is 15.3 Å². The van der Waals surface area contributed by atoms with E-state index in [1.54, 1.807) is 0 Å². The first-order valence-electron chi connectivity index (χ1n) is 7.27. The van der Waals surface area contributed by atoms with E-state index in [9.17, 15) is 0 Å². The van der Waals surface area contributed by atoms with Gasteiger partial charge in [0.1, 0.15) is 5.60 Å². The van der Waals surface area contributed by atoms with Crippen LogP contribution < -0.4 is 5.32 Å². The highest BCUT2D eigenvalue weighted by molar-refractivity contribution is 5.08. The zero-order chi connectivity index (χ0) is 14.3. The van der Waals surface area contributed by atoms with E-state index in [-0.39, 0.29) is 5.60 Å². The second-order valence-electron chi connectivity index (χ2n) is 5.04. The SMILES string of the molecule is CCOC(CC)(CC)c1nccc(CNC(C)C)n1. The summed E-state index contributed by atoms with van der Waals surface area (Å²) in [7, 11) is 0. The summed E-state index contributed by atoms with van der Waals surface area (Å²) >= 11 is 0. The Labute approximate surface area is 117 Å². The molecule has 0 spiro atoms. The summed E-state index contributed by atoms with van der Waals surface area (Å²) in [6.07, 6.45) is 3.61. The summed E-state index contributed by atoms with van der Waals surface area (Å²) in [4.78, 5) is 9.11. The molecule has 1 aromatic heterocycles. The first kappa shape index (κ1) is 16.1. The van der Waals surface area contributed by atoms with E-state index >= 15 is 0 Å². The molecule has 4 heteroatoms. The van der Waals surface area contributed by atoms with Crippen LogP contribution in [0.15, 0.2) is 12.3 Å². The molecule has 0 aliphatic rings. The lowest BCUT2D eigenvalue weighted by Gasteiger charge is -2.30. The molecule has 0 bridgehead atoms. The molecular weight excluding hydrogens is 238 g/mol. The Kier molecular flexibility index (Phi) is 6.38. The van der Waals surface area contributed by atoms with E-state index in [0.717, 1.165) is 30.9 Å². The molecule has 1 N–H and O–H groups in total. The summed E-state index contributed by atoms with van der Waals surface area (Å²) in [5.41, 5.74) is 0.674. The van der Waals surface area contributed by atoms with Crippen molar-refractivity contribution in [1.29, 1.82) is 0 Å². The first-order valence-corrected chi connectivity index (χ1v) is 7.27. The number of nitrogens with one attached hydrogen (secondary N) is 1. The van der Waals surface area contributed by atoms with Gasteiger partial charge in [0.15, 0.2) is 5.82 Å². The smallest absolute Gasteiger partial charge is 0.160 e. The highest BCUT2D eigenvalue weighted by atomic mass is 16.5. The fourth-order valence-electron chi connectivity index (χ4n) is 2.13. The third-order valence-corrected chi connectivity index (χ3v) is 3.38. The first-order chi connectivity index (χ1) is 9.07. The predicted molar refractivity (Wildman–Crippen MR) is 77.9 cm³/mol. The zero-order valence-corrected chi connectivity index (χ0v) is 12.9.